The van der Waals surface area contributed by atoms with Gasteiger partial charge in [0.1, 0.15) is 11.9 Å². The fourth-order valence-corrected chi connectivity index (χ4v) is 2.50. The second kappa shape index (κ2) is 5.84. The third kappa shape index (κ3) is 3.42. The number of halogens is 2. The van der Waals surface area contributed by atoms with Gasteiger partial charge in [0.15, 0.2) is 11.6 Å². The number of hydrogen-bond donors (Lipinski definition) is 1. The second-order valence-corrected chi connectivity index (χ2v) is 5.05. The van der Waals surface area contributed by atoms with E-state index in [1.165, 1.54) is 6.07 Å². The average molecular weight is 271 g/mol. The molecule has 19 heavy (non-hydrogen) atoms. The quantitative estimate of drug-likeness (QED) is 0.919. The van der Waals surface area contributed by atoms with Gasteiger partial charge in [-0.3, -0.25) is 0 Å². The van der Waals surface area contributed by atoms with Crippen molar-refractivity contribution >= 4 is 0 Å². The summed E-state index contributed by atoms with van der Waals surface area (Å²) in [5.74, 6) is -1.28. The summed E-state index contributed by atoms with van der Waals surface area (Å²) in [5.41, 5.74) is 5.86. The summed E-state index contributed by atoms with van der Waals surface area (Å²) in [5, 5.41) is 0. The van der Waals surface area contributed by atoms with Crippen LogP contribution in [0.1, 0.15) is 32.3 Å². The van der Waals surface area contributed by atoms with E-state index in [0.717, 1.165) is 6.07 Å². The van der Waals surface area contributed by atoms with E-state index in [9.17, 15) is 8.78 Å². The lowest BCUT2D eigenvalue weighted by molar-refractivity contribution is -0.0729. The fourth-order valence-electron chi connectivity index (χ4n) is 2.50. The molecule has 1 aliphatic heterocycles. The third-order valence-electron chi connectivity index (χ3n) is 3.24. The van der Waals surface area contributed by atoms with Crippen molar-refractivity contribution < 1.29 is 18.3 Å². The molecular formula is C14H19F2NO2. The number of benzene rings is 1. The van der Waals surface area contributed by atoms with Crippen LogP contribution in [0.5, 0.6) is 5.75 Å². The Hall–Kier alpha value is -1.20. The second-order valence-electron chi connectivity index (χ2n) is 5.05. The average Bonchev–Trinajstić information content (AvgIpc) is 2.31. The van der Waals surface area contributed by atoms with Gasteiger partial charge in [-0.2, -0.15) is 0 Å². The van der Waals surface area contributed by atoms with Gasteiger partial charge in [0.05, 0.1) is 12.2 Å². The van der Waals surface area contributed by atoms with Gasteiger partial charge < -0.3 is 15.2 Å². The normalized spacial score (nSPS) is 27.3. The monoisotopic (exact) mass is 271 g/mol. The van der Waals surface area contributed by atoms with Crippen molar-refractivity contribution in [3.63, 3.8) is 0 Å². The molecule has 0 radical (unpaired) electrons. The van der Waals surface area contributed by atoms with Gasteiger partial charge in [0.2, 0.25) is 0 Å². The van der Waals surface area contributed by atoms with E-state index in [1.807, 2.05) is 13.8 Å². The minimum Gasteiger partial charge on any atom is -0.487 e. The van der Waals surface area contributed by atoms with E-state index in [1.54, 1.807) is 0 Å². The van der Waals surface area contributed by atoms with E-state index in [2.05, 4.69) is 0 Å². The molecule has 0 aliphatic carbocycles. The van der Waals surface area contributed by atoms with Crippen molar-refractivity contribution in [1.82, 2.24) is 0 Å². The largest absolute Gasteiger partial charge is 0.487 e. The molecule has 0 spiro atoms. The first-order valence-electron chi connectivity index (χ1n) is 6.49. The molecule has 1 fully saturated rings. The zero-order chi connectivity index (χ0) is 14.0. The number of nitrogens with two attached hydrogens (primary N) is 1. The molecule has 1 saturated heterocycles. The van der Waals surface area contributed by atoms with Crippen LogP contribution in [0.2, 0.25) is 0 Å². The van der Waals surface area contributed by atoms with Crippen LogP contribution in [-0.4, -0.2) is 18.3 Å². The molecule has 0 amide bonds. The lowest BCUT2D eigenvalue weighted by atomic mass is 10.0. The van der Waals surface area contributed by atoms with Crippen LogP contribution in [0, 0.1) is 11.6 Å². The molecule has 1 aromatic rings. The summed E-state index contributed by atoms with van der Waals surface area (Å²) in [6, 6.07) is 2.03. The van der Waals surface area contributed by atoms with Gasteiger partial charge in [0, 0.05) is 31.0 Å². The molecule has 0 aromatic heterocycles. The summed E-state index contributed by atoms with van der Waals surface area (Å²) in [4.78, 5) is 0. The molecule has 2 N–H and O–H groups in total. The van der Waals surface area contributed by atoms with Crippen molar-refractivity contribution in [3.8, 4) is 5.75 Å². The minimum absolute atomic E-state index is 0.0400. The maximum atomic E-state index is 13.8. The third-order valence-corrected chi connectivity index (χ3v) is 3.24. The Morgan fingerprint density at radius 3 is 2.47 bits per heavy atom. The van der Waals surface area contributed by atoms with Gasteiger partial charge in [-0.15, -0.1) is 0 Å². The van der Waals surface area contributed by atoms with Crippen LogP contribution in [0.25, 0.3) is 0 Å². The fraction of sp³-hybridized carbons (Fsp3) is 0.571. The minimum atomic E-state index is -0.702. The Morgan fingerprint density at radius 2 is 1.89 bits per heavy atom. The Balaban J connectivity index is 2.18. The topological polar surface area (TPSA) is 44.5 Å². The molecule has 3 nitrogen and oxygen atoms in total. The number of rotatable bonds is 3. The molecule has 5 heteroatoms. The summed E-state index contributed by atoms with van der Waals surface area (Å²) in [6.45, 7) is 3.95. The lowest BCUT2D eigenvalue weighted by Gasteiger charge is -2.32. The molecular weight excluding hydrogens is 252 g/mol. The van der Waals surface area contributed by atoms with Crippen molar-refractivity contribution in [2.45, 2.75) is 51.5 Å². The maximum absolute atomic E-state index is 13.8. The SMILES string of the molecule is CC1CC(Oc2c(F)cc(F)cc2CN)CC(C)O1. The van der Waals surface area contributed by atoms with Gasteiger partial charge in [-0.25, -0.2) is 8.78 Å². The standard InChI is InChI=1S/C14H19F2NO2/c1-8-3-12(4-9(2)18-8)19-14-10(7-17)5-11(15)6-13(14)16/h5-6,8-9,12H,3-4,7,17H2,1-2H3. The molecule has 2 rings (SSSR count). The maximum Gasteiger partial charge on any atom is 0.168 e. The summed E-state index contributed by atoms with van der Waals surface area (Å²) < 4.78 is 38.2. The lowest BCUT2D eigenvalue weighted by Crippen LogP contribution is -2.36. The highest BCUT2D eigenvalue weighted by Crippen LogP contribution is 2.29. The number of hydrogen-bond acceptors (Lipinski definition) is 3. The molecule has 2 atom stereocenters. The van der Waals surface area contributed by atoms with Crippen LogP contribution in [0.4, 0.5) is 8.78 Å². The molecule has 1 aromatic carbocycles. The number of ether oxygens (including phenoxy) is 2. The molecule has 2 unspecified atom stereocenters. The van der Waals surface area contributed by atoms with Gasteiger partial charge in [-0.1, -0.05) is 0 Å². The Kier molecular flexibility index (Phi) is 4.37. The van der Waals surface area contributed by atoms with Crippen molar-refractivity contribution in [1.29, 1.82) is 0 Å². The Bertz CT molecular complexity index is 443. The summed E-state index contributed by atoms with van der Waals surface area (Å²) >= 11 is 0. The highest BCUT2D eigenvalue weighted by molar-refractivity contribution is 5.35. The van der Waals surface area contributed by atoms with Crippen LogP contribution < -0.4 is 10.5 Å². The van der Waals surface area contributed by atoms with E-state index in [4.69, 9.17) is 15.2 Å². The molecule has 1 aliphatic rings. The first-order chi connectivity index (χ1) is 8.99. The van der Waals surface area contributed by atoms with E-state index < -0.39 is 11.6 Å². The highest BCUT2D eigenvalue weighted by atomic mass is 19.1. The van der Waals surface area contributed by atoms with E-state index >= 15 is 0 Å². The van der Waals surface area contributed by atoms with Crippen LogP contribution >= 0.6 is 0 Å². The predicted molar refractivity (Wildman–Crippen MR) is 67.9 cm³/mol. The predicted octanol–water partition coefficient (Wildman–Crippen LogP) is 2.76. The van der Waals surface area contributed by atoms with Crippen molar-refractivity contribution in [2.75, 3.05) is 0 Å². The summed E-state index contributed by atoms with van der Waals surface area (Å²) in [6.07, 6.45) is 1.37. The zero-order valence-electron chi connectivity index (χ0n) is 11.2. The van der Waals surface area contributed by atoms with Gasteiger partial charge in [0.25, 0.3) is 0 Å². The summed E-state index contributed by atoms with van der Waals surface area (Å²) in [7, 11) is 0. The van der Waals surface area contributed by atoms with Gasteiger partial charge >= 0.3 is 0 Å². The molecule has 1 heterocycles. The Morgan fingerprint density at radius 1 is 1.26 bits per heavy atom. The Labute approximate surface area is 111 Å². The van der Waals surface area contributed by atoms with Crippen LogP contribution in [0.15, 0.2) is 12.1 Å². The van der Waals surface area contributed by atoms with E-state index in [0.29, 0.717) is 18.4 Å². The van der Waals surface area contributed by atoms with Gasteiger partial charge in [-0.05, 0) is 19.9 Å². The molecule has 106 valence electrons. The smallest absolute Gasteiger partial charge is 0.168 e. The van der Waals surface area contributed by atoms with Crippen molar-refractivity contribution in [3.05, 3.63) is 29.3 Å². The zero-order valence-corrected chi connectivity index (χ0v) is 11.2. The van der Waals surface area contributed by atoms with Crippen LogP contribution in [0.3, 0.4) is 0 Å². The van der Waals surface area contributed by atoms with Crippen molar-refractivity contribution in [2.24, 2.45) is 5.73 Å². The van der Waals surface area contributed by atoms with E-state index in [-0.39, 0.29) is 30.6 Å². The molecule has 0 bridgehead atoms. The highest BCUT2D eigenvalue weighted by Gasteiger charge is 2.27. The molecule has 0 saturated carbocycles. The van der Waals surface area contributed by atoms with Crippen LogP contribution in [-0.2, 0) is 11.3 Å². The first-order valence-corrected chi connectivity index (χ1v) is 6.49. The first kappa shape index (κ1) is 14.2.